The van der Waals surface area contributed by atoms with E-state index in [1.165, 1.54) is 6.07 Å². The summed E-state index contributed by atoms with van der Waals surface area (Å²) in [5, 5.41) is 2.95. The maximum absolute atomic E-state index is 13.4. The van der Waals surface area contributed by atoms with Crippen LogP contribution in [-0.4, -0.2) is 6.54 Å². The molecule has 76 valence electrons. The maximum Gasteiger partial charge on any atom is 0.142 e. The number of hydrogen-bond donors (Lipinski definition) is 1. The van der Waals surface area contributed by atoms with Gasteiger partial charge in [-0.3, -0.25) is 0 Å². The summed E-state index contributed by atoms with van der Waals surface area (Å²) in [6.45, 7) is 0.856. The molecule has 1 heterocycles. The normalized spacial score (nSPS) is 21.5. The van der Waals surface area contributed by atoms with Crippen molar-refractivity contribution in [1.82, 2.24) is 5.32 Å². The number of hydrogen-bond acceptors (Lipinski definition) is 1. The largest absolute Gasteiger partial charge is 0.310 e. The predicted molar refractivity (Wildman–Crippen MR) is 51.3 cm³/mol. The molecule has 0 aliphatic carbocycles. The smallest absolute Gasteiger partial charge is 0.142 e. The van der Waals surface area contributed by atoms with Crippen LogP contribution in [0.2, 0.25) is 5.02 Å². The highest BCUT2D eigenvalue weighted by atomic mass is 35.5. The molecule has 1 aromatic rings. The summed E-state index contributed by atoms with van der Waals surface area (Å²) in [7, 11) is 0. The standard InChI is InChI=1S/C10H10ClF2N/c11-7-5-8(12)6(4-9(7)13)10-2-1-3-14-10/h4-5,10,14H,1-3H2/t10-/m0/s1. The van der Waals surface area contributed by atoms with E-state index in [1.807, 2.05) is 0 Å². The van der Waals surface area contributed by atoms with Crippen LogP contribution in [0.4, 0.5) is 8.78 Å². The van der Waals surface area contributed by atoms with E-state index in [-0.39, 0.29) is 11.1 Å². The van der Waals surface area contributed by atoms with Crippen LogP contribution in [-0.2, 0) is 0 Å². The molecule has 0 saturated carbocycles. The third-order valence-electron chi connectivity index (χ3n) is 2.48. The van der Waals surface area contributed by atoms with E-state index in [9.17, 15) is 8.78 Å². The van der Waals surface area contributed by atoms with Crippen molar-refractivity contribution < 1.29 is 8.78 Å². The Balaban J connectivity index is 2.37. The zero-order valence-corrected chi connectivity index (χ0v) is 8.24. The Hall–Kier alpha value is -0.670. The van der Waals surface area contributed by atoms with Crippen LogP contribution >= 0.6 is 11.6 Å². The van der Waals surface area contributed by atoms with Gasteiger partial charge in [0.2, 0.25) is 0 Å². The summed E-state index contributed by atoms with van der Waals surface area (Å²) in [5.41, 5.74) is 0.379. The Morgan fingerprint density at radius 1 is 1.29 bits per heavy atom. The van der Waals surface area contributed by atoms with Crippen molar-refractivity contribution in [2.75, 3.05) is 6.54 Å². The fourth-order valence-corrected chi connectivity index (χ4v) is 1.91. The lowest BCUT2D eigenvalue weighted by Crippen LogP contribution is -2.14. The predicted octanol–water partition coefficient (Wildman–Crippen LogP) is 3.04. The lowest BCUT2D eigenvalue weighted by atomic mass is 10.0. The van der Waals surface area contributed by atoms with Crippen molar-refractivity contribution >= 4 is 11.6 Å². The number of benzene rings is 1. The summed E-state index contributed by atoms with van der Waals surface area (Å²) in [6.07, 6.45) is 1.84. The Labute approximate surface area is 86.1 Å². The van der Waals surface area contributed by atoms with Gasteiger partial charge in [0.15, 0.2) is 0 Å². The lowest BCUT2D eigenvalue weighted by Gasteiger charge is -2.12. The number of halogens is 3. The second-order valence-electron chi connectivity index (χ2n) is 3.44. The molecular weight excluding hydrogens is 208 g/mol. The van der Waals surface area contributed by atoms with Crippen molar-refractivity contribution in [3.05, 3.63) is 34.4 Å². The third-order valence-corrected chi connectivity index (χ3v) is 2.76. The van der Waals surface area contributed by atoms with Crippen LogP contribution < -0.4 is 5.32 Å². The summed E-state index contributed by atoms with van der Waals surface area (Å²) in [4.78, 5) is 0. The molecule has 4 heteroatoms. The first-order valence-electron chi connectivity index (χ1n) is 4.56. The van der Waals surface area contributed by atoms with Crippen molar-refractivity contribution in [1.29, 1.82) is 0 Å². The van der Waals surface area contributed by atoms with E-state index in [4.69, 9.17) is 11.6 Å². The van der Waals surface area contributed by atoms with E-state index in [1.54, 1.807) is 0 Å². The van der Waals surface area contributed by atoms with Gasteiger partial charge in [0, 0.05) is 11.6 Å². The summed E-state index contributed by atoms with van der Waals surface area (Å²) in [5.74, 6) is -0.993. The molecule has 2 rings (SSSR count). The lowest BCUT2D eigenvalue weighted by molar-refractivity contribution is 0.544. The minimum atomic E-state index is -0.559. The van der Waals surface area contributed by atoms with Crippen molar-refractivity contribution in [3.8, 4) is 0 Å². The SMILES string of the molecule is Fc1cc([C@@H]2CCCN2)c(F)cc1Cl. The van der Waals surface area contributed by atoms with Crippen molar-refractivity contribution in [2.45, 2.75) is 18.9 Å². The van der Waals surface area contributed by atoms with Gasteiger partial charge in [0.05, 0.1) is 5.02 Å². The highest BCUT2D eigenvalue weighted by Gasteiger charge is 2.21. The molecule has 1 aliphatic heterocycles. The molecule has 1 saturated heterocycles. The molecule has 1 aliphatic rings. The van der Waals surface area contributed by atoms with E-state index >= 15 is 0 Å². The minimum Gasteiger partial charge on any atom is -0.310 e. The first-order chi connectivity index (χ1) is 6.68. The molecule has 0 spiro atoms. The Morgan fingerprint density at radius 2 is 2.07 bits per heavy atom. The maximum atomic E-state index is 13.4. The van der Waals surface area contributed by atoms with Crippen LogP contribution in [0.1, 0.15) is 24.4 Å². The molecule has 0 amide bonds. The van der Waals surface area contributed by atoms with Crippen molar-refractivity contribution in [2.24, 2.45) is 0 Å². The van der Waals surface area contributed by atoms with Gasteiger partial charge in [-0.05, 0) is 31.5 Å². The summed E-state index contributed by atoms with van der Waals surface area (Å²) >= 11 is 5.46. The molecule has 14 heavy (non-hydrogen) atoms. The second kappa shape index (κ2) is 3.83. The third kappa shape index (κ3) is 1.74. The zero-order valence-electron chi connectivity index (χ0n) is 7.49. The van der Waals surface area contributed by atoms with Gasteiger partial charge in [0.1, 0.15) is 11.6 Å². The molecular formula is C10H10ClF2N. The topological polar surface area (TPSA) is 12.0 Å². The van der Waals surface area contributed by atoms with Crippen LogP contribution in [0.15, 0.2) is 12.1 Å². The van der Waals surface area contributed by atoms with Gasteiger partial charge in [-0.25, -0.2) is 8.78 Å². The molecule has 0 bridgehead atoms. The van der Waals surface area contributed by atoms with Crippen LogP contribution in [0, 0.1) is 11.6 Å². The van der Waals surface area contributed by atoms with Gasteiger partial charge < -0.3 is 5.32 Å². The number of nitrogens with one attached hydrogen (secondary N) is 1. The first-order valence-corrected chi connectivity index (χ1v) is 4.94. The molecule has 0 unspecified atom stereocenters. The quantitative estimate of drug-likeness (QED) is 0.713. The van der Waals surface area contributed by atoms with E-state index in [0.29, 0.717) is 5.56 Å². The molecule has 1 atom stereocenters. The first kappa shape index (κ1) is 9.87. The van der Waals surface area contributed by atoms with E-state index in [0.717, 1.165) is 25.5 Å². The minimum absolute atomic E-state index is 0.0678. The van der Waals surface area contributed by atoms with Crippen LogP contribution in [0.5, 0.6) is 0 Å². The number of rotatable bonds is 1. The zero-order chi connectivity index (χ0) is 10.1. The summed E-state index contributed by atoms with van der Waals surface area (Å²) in [6, 6.07) is 2.15. The molecule has 0 radical (unpaired) electrons. The molecule has 1 N–H and O–H groups in total. The molecule has 1 nitrogen and oxygen atoms in total. The molecule has 1 fully saturated rings. The monoisotopic (exact) mass is 217 g/mol. The Morgan fingerprint density at radius 3 is 2.71 bits per heavy atom. The Bertz CT molecular complexity index is 348. The molecule has 1 aromatic carbocycles. The van der Waals surface area contributed by atoms with Crippen molar-refractivity contribution in [3.63, 3.8) is 0 Å². The second-order valence-corrected chi connectivity index (χ2v) is 3.84. The van der Waals surface area contributed by atoms with Gasteiger partial charge in [-0.2, -0.15) is 0 Å². The Kier molecular flexibility index (Phi) is 2.70. The fraction of sp³-hybridized carbons (Fsp3) is 0.400. The summed E-state index contributed by atoms with van der Waals surface area (Å²) < 4.78 is 26.5. The van der Waals surface area contributed by atoms with Crippen LogP contribution in [0.3, 0.4) is 0 Å². The van der Waals surface area contributed by atoms with Crippen LogP contribution in [0.25, 0.3) is 0 Å². The van der Waals surface area contributed by atoms with E-state index < -0.39 is 11.6 Å². The average Bonchev–Trinajstić information content (AvgIpc) is 2.64. The van der Waals surface area contributed by atoms with E-state index in [2.05, 4.69) is 5.32 Å². The highest BCUT2D eigenvalue weighted by molar-refractivity contribution is 6.30. The highest BCUT2D eigenvalue weighted by Crippen LogP contribution is 2.28. The van der Waals surface area contributed by atoms with Gasteiger partial charge in [0.25, 0.3) is 0 Å². The van der Waals surface area contributed by atoms with Gasteiger partial charge in [-0.1, -0.05) is 11.6 Å². The average molecular weight is 218 g/mol. The van der Waals surface area contributed by atoms with Gasteiger partial charge in [-0.15, -0.1) is 0 Å². The molecule has 0 aromatic heterocycles. The van der Waals surface area contributed by atoms with Gasteiger partial charge >= 0.3 is 0 Å². The fourth-order valence-electron chi connectivity index (χ4n) is 1.75.